The standard InChI is InChI=1S/C32H35ClN4O5S/c1-2-41-32(38)24-43(39,40)37(17-6-9-25-7-5-8-26(21-25)23-34)28-11-12-31(30(33)22-28)42-29-14-19-36(20-15-29)18-13-27-10-3-4-16-35-27/h3-12,16,21-22,29H,2,13-15,17-20,24H2,1H3/b9-6+. The monoisotopic (exact) mass is 622 g/mol. The lowest BCUT2D eigenvalue weighted by molar-refractivity contribution is -0.139. The van der Waals surface area contributed by atoms with Gasteiger partial charge in [0.1, 0.15) is 11.9 Å². The molecule has 2 heterocycles. The number of sulfonamides is 1. The van der Waals surface area contributed by atoms with Crippen LogP contribution in [0.4, 0.5) is 5.69 Å². The van der Waals surface area contributed by atoms with Crippen LogP contribution in [0.15, 0.2) is 72.9 Å². The van der Waals surface area contributed by atoms with E-state index in [9.17, 15) is 13.2 Å². The molecule has 2 aromatic carbocycles. The summed E-state index contributed by atoms with van der Waals surface area (Å²) in [5, 5.41) is 9.43. The highest BCUT2D eigenvalue weighted by Gasteiger charge is 2.27. The number of ether oxygens (including phenoxy) is 2. The van der Waals surface area contributed by atoms with Gasteiger partial charge in [-0.25, -0.2) is 8.42 Å². The van der Waals surface area contributed by atoms with Crippen LogP contribution >= 0.6 is 11.6 Å². The number of carbonyl (C=O) groups excluding carboxylic acids is 1. The molecule has 11 heteroatoms. The fraction of sp³-hybridized carbons (Fsp3) is 0.344. The van der Waals surface area contributed by atoms with Crippen molar-refractivity contribution in [2.24, 2.45) is 0 Å². The predicted octanol–water partition coefficient (Wildman–Crippen LogP) is 5.11. The molecule has 9 nitrogen and oxygen atoms in total. The first-order valence-corrected chi connectivity index (χ1v) is 16.2. The number of pyridine rings is 1. The van der Waals surface area contributed by atoms with Gasteiger partial charge in [0.15, 0.2) is 5.75 Å². The van der Waals surface area contributed by atoms with Crippen LogP contribution < -0.4 is 9.04 Å². The van der Waals surface area contributed by atoms with Crippen LogP contribution in [-0.2, 0) is 26.0 Å². The van der Waals surface area contributed by atoms with Gasteiger partial charge in [-0.15, -0.1) is 0 Å². The number of piperidine rings is 1. The zero-order valence-corrected chi connectivity index (χ0v) is 25.6. The van der Waals surface area contributed by atoms with Crippen molar-refractivity contribution in [3.8, 4) is 11.8 Å². The first kappa shape index (κ1) is 32.0. The van der Waals surface area contributed by atoms with Gasteiger partial charge in [0, 0.05) is 37.9 Å². The SMILES string of the molecule is CCOC(=O)CS(=O)(=O)N(C/C=C/c1cccc(C#N)c1)c1ccc(OC2CCN(CCc3ccccn3)CC2)c(Cl)c1. The number of rotatable bonds is 13. The second-order valence-corrected chi connectivity index (χ2v) is 12.4. The van der Waals surface area contributed by atoms with Crippen LogP contribution in [0.25, 0.3) is 6.08 Å². The van der Waals surface area contributed by atoms with Crippen LogP contribution in [0.2, 0.25) is 5.02 Å². The van der Waals surface area contributed by atoms with E-state index in [-0.39, 0.29) is 24.3 Å². The van der Waals surface area contributed by atoms with Gasteiger partial charge < -0.3 is 14.4 Å². The summed E-state index contributed by atoms with van der Waals surface area (Å²) in [5.74, 6) is -1.17. The number of aromatic nitrogens is 1. The highest BCUT2D eigenvalue weighted by atomic mass is 35.5. The number of likely N-dealkylation sites (tertiary alicyclic amines) is 1. The van der Waals surface area contributed by atoms with Gasteiger partial charge in [0.2, 0.25) is 10.0 Å². The van der Waals surface area contributed by atoms with Crippen LogP contribution in [0, 0.1) is 11.3 Å². The Morgan fingerprint density at radius 3 is 2.67 bits per heavy atom. The first-order valence-electron chi connectivity index (χ1n) is 14.2. The summed E-state index contributed by atoms with van der Waals surface area (Å²) in [7, 11) is -4.11. The molecule has 4 rings (SSSR count). The number of nitriles is 1. The molecule has 0 saturated carbocycles. The molecule has 226 valence electrons. The van der Waals surface area contributed by atoms with Gasteiger partial charge in [0.25, 0.3) is 0 Å². The van der Waals surface area contributed by atoms with Gasteiger partial charge in [0.05, 0.1) is 35.5 Å². The molecule has 1 aliphatic rings. The number of halogens is 1. The summed E-state index contributed by atoms with van der Waals surface area (Å²) < 4.78 is 38.9. The van der Waals surface area contributed by atoms with Crippen LogP contribution in [0.5, 0.6) is 5.75 Å². The molecule has 0 atom stereocenters. The summed E-state index contributed by atoms with van der Waals surface area (Å²) in [6.07, 6.45) is 7.76. The third-order valence-corrected chi connectivity index (χ3v) is 8.91. The fourth-order valence-corrected chi connectivity index (χ4v) is 6.30. The molecule has 0 amide bonds. The second kappa shape index (κ2) is 15.5. The van der Waals surface area contributed by atoms with Gasteiger partial charge in [-0.3, -0.25) is 14.1 Å². The van der Waals surface area contributed by atoms with E-state index in [4.69, 9.17) is 26.3 Å². The van der Waals surface area contributed by atoms with Crippen LogP contribution in [0.1, 0.15) is 36.6 Å². The van der Waals surface area contributed by atoms with Crippen LogP contribution in [-0.4, -0.2) is 68.9 Å². The zero-order chi connectivity index (χ0) is 30.7. The number of anilines is 1. The molecule has 0 bridgehead atoms. The van der Waals surface area contributed by atoms with Crippen molar-refractivity contribution in [3.63, 3.8) is 0 Å². The van der Waals surface area contributed by atoms with E-state index < -0.39 is 21.7 Å². The topological polar surface area (TPSA) is 113 Å². The Hall–Kier alpha value is -3.91. The van der Waals surface area contributed by atoms with Crippen molar-refractivity contribution in [2.75, 3.05) is 42.8 Å². The van der Waals surface area contributed by atoms with Crippen molar-refractivity contribution < 1.29 is 22.7 Å². The molecular weight excluding hydrogens is 588 g/mol. The Balaban J connectivity index is 1.42. The number of nitrogens with zero attached hydrogens (tertiary/aromatic N) is 4. The van der Waals surface area contributed by atoms with Gasteiger partial charge in [-0.05, 0) is 67.8 Å². The quantitative estimate of drug-likeness (QED) is 0.242. The van der Waals surface area contributed by atoms with Crippen LogP contribution in [0.3, 0.4) is 0 Å². The number of hydrogen-bond donors (Lipinski definition) is 0. The molecule has 1 fully saturated rings. The molecule has 0 unspecified atom stereocenters. The van der Waals surface area contributed by atoms with E-state index in [1.54, 1.807) is 49.4 Å². The second-order valence-electron chi connectivity index (χ2n) is 10.1. The lowest BCUT2D eigenvalue weighted by atomic mass is 10.1. The average molecular weight is 623 g/mol. The summed E-state index contributed by atoms with van der Waals surface area (Å²) in [5.41, 5.74) is 2.61. The van der Waals surface area contributed by atoms with E-state index in [1.807, 2.05) is 30.5 Å². The largest absolute Gasteiger partial charge is 0.489 e. The third kappa shape index (κ3) is 9.55. The average Bonchev–Trinajstić information content (AvgIpc) is 3.00. The molecule has 43 heavy (non-hydrogen) atoms. The minimum atomic E-state index is -4.11. The van der Waals surface area contributed by atoms with Gasteiger partial charge >= 0.3 is 5.97 Å². The number of esters is 1. The van der Waals surface area contributed by atoms with E-state index in [1.165, 1.54) is 6.07 Å². The van der Waals surface area contributed by atoms with Crippen molar-refractivity contribution in [1.29, 1.82) is 5.26 Å². The Kier molecular flexibility index (Phi) is 11.6. The summed E-state index contributed by atoms with van der Waals surface area (Å²) in [4.78, 5) is 18.9. The maximum Gasteiger partial charge on any atom is 0.323 e. The maximum absolute atomic E-state index is 13.3. The highest BCUT2D eigenvalue weighted by molar-refractivity contribution is 7.93. The maximum atomic E-state index is 13.3. The molecular formula is C32H35ClN4O5S. The smallest absolute Gasteiger partial charge is 0.323 e. The van der Waals surface area contributed by atoms with E-state index >= 15 is 0 Å². The predicted molar refractivity (Wildman–Crippen MR) is 167 cm³/mol. The van der Waals surface area contributed by atoms with E-state index in [0.29, 0.717) is 17.0 Å². The molecule has 3 aromatic rings. The summed E-state index contributed by atoms with van der Waals surface area (Å²) in [6, 6.07) is 19.8. The lowest BCUT2D eigenvalue weighted by Crippen LogP contribution is -2.39. The normalized spacial score (nSPS) is 14.3. The number of benzene rings is 2. The van der Waals surface area contributed by atoms with E-state index in [2.05, 4.69) is 16.0 Å². The highest BCUT2D eigenvalue weighted by Crippen LogP contribution is 2.33. The lowest BCUT2D eigenvalue weighted by Gasteiger charge is -2.32. The molecule has 0 aliphatic carbocycles. The molecule has 0 radical (unpaired) electrons. The van der Waals surface area contributed by atoms with Gasteiger partial charge in [-0.2, -0.15) is 5.26 Å². The number of hydrogen-bond acceptors (Lipinski definition) is 8. The van der Waals surface area contributed by atoms with E-state index in [0.717, 1.165) is 54.5 Å². The van der Waals surface area contributed by atoms with Crippen molar-refractivity contribution in [2.45, 2.75) is 32.3 Å². The van der Waals surface area contributed by atoms with Crippen molar-refractivity contribution in [1.82, 2.24) is 9.88 Å². The Labute approximate surface area is 258 Å². The molecule has 1 saturated heterocycles. The third-order valence-electron chi connectivity index (χ3n) is 6.98. The fourth-order valence-electron chi connectivity index (χ4n) is 4.79. The summed E-state index contributed by atoms with van der Waals surface area (Å²) in [6.45, 7) is 4.36. The van der Waals surface area contributed by atoms with Crippen molar-refractivity contribution in [3.05, 3.63) is 94.8 Å². The Morgan fingerprint density at radius 1 is 1.16 bits per heavy atom. The molecule has 1 aliphatic heterocycles. The zero-order valence-electron chi connectivity index (χ0n) is 24.1. The minimum Gasteiger partial charge on any atom is -0.489 e. The minimum absolute atomic E-state index is 0.00907. The van der Waals surface area contributed by atoms with Gasteiger partial charge in [-0.1, -0.05) is 42.0 Å². The summed E-state index contributed by atoms with van der Waals surface area (Å²) >= 11 is 6.60. The number of carbonyl (C=O) groups is 1. The first-order chi connectivity index (χ1) is 20.8. The molecule has 1 aromatic heterocycles. The molecule has 0 N–H and O–H groups in total. The van der Waals surface area contributed by atoms with Crippen molar-refractivity contribution >= 4 is 39.4 Å². The molecule has 0 spiro atoms. The Morgan fingerprint density at radius 2 is 1.98 bits per heavy atom. The Bertz CT molecular complexity index is 1550.